The number of rotatable bonds is 5. The van der Waals surface area contributed by atoms with Gasteiger partial charge in [0.1, 0.15) is 0 Å². The van der Waals surface area contributed by atoms with E-state index in [1.165, 1.54) is 16.8 Å². The average Bonchev–Trinajstić information content (AvgIpc) is 3.12. The fraction of sp³-hybridized carbons (Fsp3) is 0.571. The molecule has 2 aromatic rings. The van der Waals surface area contributed by atoms with Gasteiger partial charge in [-0.05, 0) is 6.92 Å². The van der Waals surface area contributed by atoms with Crippen molar-refractivity contribution in [2.24, 2.45) is 14.1 Å². The predicted octanol–water partition coefficient (Wildman–Crippen LogP) is 0.478. The van der Waals surface area contributed by atoms with E-state index in [1.54, 1.807) is 16.3 Å². The highest BCUT2D eigenvalue weighted by Crippen LogP contribution is 2.31. The molecule has 0 saturated carbocycles. The molecule has 0 saturated heterocycles. The van der Waals surface area contributed by atoms with Crippen LogP contribution in [0.2, 0.25) is 0 Å². The van der Waals surface area contributed by atoms with Gasteiger partial charge < -0.3 is 9.30 Å². The van der Waals surface area contributed by atoms with E-state index in [-0.39, 0.29) is 10.9 Å². The topological polar surface area (TPSA) is 82.2 Å². The van der Waals surface area contributed by atoms with E-state index in [2.05, 4.69) is 10.1 Å². The number of fused-ring (bicyclic) bond motifs is 1. The van der Waals surface area contributed by atoms with Crippen LogP contribution in [0.4, 0.5) is 0 Å². The van der Waals surface area contributed by atoms with E-state index in [4.69, 9.17) is 4.74 Å². The second-order valence-corrected chi connectivity index (χ2v) is 7.59. The van der Waals surface area contributed by atoms with Crippen molar-refractivity contribution < 1.29 is 13.2 Å². The molecule has 8 nitrogen and oxygen atoms in total. The molecule has 0 radical (unpaired) electrons. The first-order chi connectivity index (χ1) is 10.9. The Morgan fingerprint density at radius 2 is 2.17 bits per heavy atom. The number of aromatic nitrogens is 4. The second kappa shape index (κ2) is 6.06. The highest BCUT2D eigenvalue weighted by molar-refractivity contribution is 7.89. The maximum atomic E-state index is 12.8. The number of sulfonamides is 1. The van der Waals surface area contributed by atoms with Crippen molar-refractivity contribution in [1.29, 1.82) is 0 Å². The number of ether oxygens (including phenoxy) is 1. The molecular formula is C14H21N5O3S. The largest absolute Gasteiger partial charge is 0.381 e. The summed E-state index contributed by atoms with van der Waals surface area (Å²) in [5.41, 5.74) is 1.97. The Bertz CT molecular complexity index is 795. The summed E-state index contributed by atoms with van der Waals surface area (Å²) in [4.78, 5) is 4.00. The highest BCUT2D eigenvalue weighted by atomic mass is 32.2. The first-order valence-electron chi connectivity index (χ1n) is 7.50. The van der Waals surface area contributed by atoms with Crippen molar-refractivity contribution in [2.45, 2.75) is 24.4 Å². The molecule has 1 atom stereocenters. The first-order valence-corrected chi connectivity index (χ1v) is 8.94. The van der Waals surface area contributed by atoms with Gasteiger partial charge in [0.25, 0.3) is 10.0 Å². The summed E-state index contributed by atoms with van der Waals surface area (Å²) in [6.07, 6.45) is 4.82. The van der Waals surface area contributed by atoms with Gasteiger partial charge in [0.2, 0.25) is 0 Å². The van der Waals surface area contributed by atoms with E-state index >= 15 is 0 Å². The highest BCUT2D eigenvalue weighted by Gasteiger charge is 2.36. The minimum absolute atomic E-state index is 0.0223. The number of imidazole rings is 1. The fourth-order valence-electron chi connectivity index (χ4n) is 2.83. The molecule has 9 heteroatoms. The van der Waals surface area contributed by atoms with Gasteiger partial charge >= 0.3 is 0 Å². The molecule has 2 aromatic heterocycles. The summed E-state index contributed by atoms with van der Waals surface area (Å²) in [5.74, 6) is -0.0223. The minimum atomic E-state index is -3.63. The molecule has 23 heavy (non-hydrogen) atoms. The fourth-order valence-corrected chi connectivity index (χ4v) is 4.24. The Balaban J connectivity index is 1.94. The van der Waals surface area contributed by atoms with Crippen LogP contribution in [-0.4, -0.2) is 51.8 Å². The summed E-state index contributed by atoms with van der Waals surface area (Å²) in [5, 5.41) is 4.34. The van der Waals surface area contributed by atoms with Gasteiger partial charge in [-0.1, -0.05) is 0 Å². The third-order valence-corrected chi connectivity index (χ3v) is 5.79. The van der Waals surface area contributed by atoms with Crippen molar-refractivity contribution in [3.05, 3.63) is 30.0 Å². The number of nitrogens with zero attached hydrogens (tertiary/aromatic N) is 5. The third-order valence-electron chi connectivity index (χ3n) is 4.09. The summed E-state index contributed by atoms with van der Waals surface area (Å²) in [6.45, 7) is 3.67. The maximum absolute atomic E-state index is 12.8. The van der Waals surface area contributed by atoms with Crippen LogP contribution in [-0.2, 0) is 35.4 Å². The normalized spacial score (nSPS) is 19.0. The predicted molar refractivity (Wildman–Crippen MR) is 83.2 cm³/mol. The molecule has 0 N–H and O–H groups in total. The van der Waals surface area contributed by atoms with Crippen molar-refractivity contribution in [2.75, 3.05) is 19.8 Å². The molecule has 1 aliphatic rings. The molecule has 3 heterocycles. The molecule has 126 valence electrons. The van der Waals surface area contributed by atoms with Crippen LogP contribution in [0.1, 0.15) is 24.1 Å². The average molecular weight is 339 g/mol. The Morgan fingerprint density at radius 1 is 1.39 bits per heavy atom. The van der Waals surface area contributed by atoms with E-state index in [9.17, 15) is 8.42 Å². The van der Waals surface area contributed by atoms with E-state index in [1.807, 2.05) is 20.2 Å². The van der Waals surface area contributed by atoms with Crippen LogP contribution in [0.15, 0.2) is 23.7 Å². The van der Waals surface area contributed by atoms with Gasteiger partial charge in [-0.2, -0.15) is 9.40 Å². The molecule has 0 aliphatic carbocycles. The van der Waals surface area contributed by atoms with Gasteiger partial charge in [-0.15, -0.1) is 0 Å². The SMILES string of the molecule is CCOC[C@@H]1CN(S(=O)(=O)c2cn(C)cn2)Cc2c1cnn2C. The lowest BCUT2D eigenvalue weighted by atomic mass is 9.97. The lowest BCUT2D eigenvalue weighted by Crippen LogP contribution is -2.40. The van der Waals surface area contributed by atoms with Gasteiger partial charge in [0.05, 0.1) is 31.4 Å². The number of hydrogen-bond donors (Lipinski definition) is 0. The van der Waals surface area contributed by atoms with E-state index in [0.29, 0.717) is 26.3 Å². The molecule has 0 amide bonds. The zero-order valence-corrected chi connectivity index (χ0v) is 14.3. The molecule has 1 aliphatic heterocycles. The van der Waals surface area contributed by atoms with Crippen LogP contribution in [0.3, 0.4) is 0 Å². The van der Waals surface area contributed by atoms with Crippen molar-refractivity contribution in [1.82, 2.24) is 23.6 Å². The summed E-state index contributed by atoms with van der Waals surface area (Å²) in [6, 6.07) is 0. The Labute approximate surface area is 135 Å². The van der Waals surface area contributed by atoms with Gasteiger partial charge in [0.15, 0.2) is 5.03 Å². The second-order valence-electron chi connectivity index (χ2n) is 5.70. The van der Waals surface area contributed by atoms with Crippen molar-refractivity contribution in [3.8, 4) is 0 Å². The van der Waals surface area contributed by atoms with Gasteiger partial charge in [-0.3, -0.25) is 4.68 Å². The molecular weight excluding hydrogens is 318 g/mol. The standard InChI is InChI=1S/C14H21N5O3S/c1-4-22-9-11-6-19(7-13-12(11)5-16-18(13)3)23(20,21)14-8-17(2)10-15-14/h5,8,10-11H,4,6-7,9H2,1-3H3/t11-/m0/s1. The molecule has 3 rings (SSSR count). The quantitative estimate of drug-likeness (QED) is 0.791. The molecule has 0 bridgehead atoms. The Kier molecular flexibility index (Phi) is 4.26. The van der Waals surface area contributed by atoms with Gasteiger partial charge in [-0.25, -0.2) is 13.4 Å². The van der Waals surface area contributed by atoms with Crippen LogP contribution in [0.25, 0.3) is 0 Å². The number of hydrogen-bond acceptors (Lipinski definition) is 5. The zero-order chi connectivity index (χ0) is 16.6. The third kappa shape index (κ3) is 2.91. The molecule has 0 unspecified atom stereocenters. The van der Waals surface area contributed by atoms with Gasteiger partial charge in [0, 0.05) is 44.9 Å². The van der Waals surface area contributed by atoms with Crippen LogP contribution in [0, 0.1) is 0 Å². The molecule has 0 spiro atoms. The smallest absolute Gasteiger partial charge is 0.262 e. The first kappa shape index (κ1) is 16.2. The minimum Gasteiger partial charge on any atom is -0.381 e. The van der Waals surface area contributed by atoms with Crippen molar-refractivity contribution >= 4 is 10.0 Å². The van der Waals surface area contributed by atoms with Crippen LogP contribution < -0.4 is 0 Å². The molecule has 0 fully saturated rings. The van der Waals surface area contributed by atoms with E-state index < -0.39 is 10.0 Å². The summed E-state index contributed by atoms with van der Waals surface area (Å²) < 4.78 is 36.0. The molecule has 0 aromatic carbocycles. The summed E-state index contributed by atoms with van der Waals surface area (Å²) >= 11 is 0. The maximum Gasteiger partial charge on any atom is 0.262 e. The van der Waals surface area contributed by atoms with Crippen LogP contribution in [0.5, 0.6) is 0 Å². The Hall–Kier alpha value is -1.71. The zero-order valence-electron chi connectivity index (χ0n) is 13.5. The Morgan fingerprint density at radius 3 is 2.83 bits per heavy atom. The lowest BCUT2D eigenvalue weighted by Gasteiger charge is -2.31. The number of aryl methyl sites for hydroxylation is 2. The van der Waals surface area contributed by atoms with Crippen molar-refractivity contribution in [3.63, 3.8) is 0 Å². The van der Waals surface area contributed by atoms with E-state index in [0.717, 1.165) is 11.3 Å². The van der Waals surface area contributed by atoms with Crippen LogP contribution >= 0.6 is 0 Å². The summed E-state index contributed by atoms with van der Waals surface area (Å²) in [7, 11) is -0.0556. The monoisotopic (exact) mass is 339 g/mol. The lowest BCUT2D eigenvalue weighted by molar-refractivity contribution is 0.121.